The molecule has 1 rings (SSSR count). The lowest BCUT2D eigenvalue weighted by molar-refractivity contribution is 0.0601. The number of carbonyl (C=O) groups excluding carboxylic acids is 1. The highest BCUT2D eigenvalue weighted by Gasteiger charge is 2.08. The number of carbonyl (C=O) groups is 1. The molecule has 0 aliphatic rings. The Bertz CT molecular complexity index is 328. The molecule has 0 amide bonds. The van der Waals surface area contributed by atoms with Crippen LogP contribution >= 0.6 is 0 Å². The zero-order valence-corrected chi connectivity index (χ0v) is 7.00. The Morgan fingerprint density at radius 1 is 1.62 bits per heavy atom. The molecule has 0 aromatic heterocycles. The van der Waals surface area contributed by atoms with Crippen molar-refractivity contribution in [3.8, 4) is 0 Å². The van der Waals surface area contributed by atoms with E-state index in [9.17, 15) is 9.18 Å². The predicted octanol–water partition coefficient (Wildman–Crippen LogP) is 0.898. The number of benzene rings is 1. The molecule has 0 saturated carbocycles. The van der Waals surface area contributed by atoms with Gasteiger partial charge in [0, 0.05) is 0 Å². The summed E-state index contributed by atoms with van der Waals surface area (Å²) in [6.45, 7) is 0. The SMILES string of the molecule is COC(=O)c1ccc(F)c(NN)c1. The number of methoxy groups -OCH3 is 1. The highest BCUT2D eigenvalue weighted by molar-refractivity contribution is 5.90. The summed E-state index contributed by atoms with van der Waals surface area (Å²) >= 11 is 0. The summed E-state index contributed by atoms with van der Waals surface area (Å²) in [5, 5.41) is 0. The van der Waals surface area contributed by atoms with E-state index in [4.69, 9.17) is 5.84 Å². The van der Waals surface area contributed by atoms with Gasteiger partial charge in [-0.3, -0.25) is 5.84 Å². The molecule has 3 N–H and O–H groups in total. The van der Waals surface area contributed by atoms with Gasteiger partial charge < -0.3 is 10.2 Å². The largest absolute Gasteiger partial charge is 0.465 e. The van der Waals surface area contributed by atoms with Crippen LogP contribution < -0.4 is 11.3 Å². The second-order valence-corrected chi connectivity index (χ2v) is 2.33. The smallest absolute Gasteiger partial charge is 0.337 e. The molecule has 1 aromatic carbocycles. The molecule has 70 valence electrons. The number of anilines is 1. The second-order valence-electron chi connectivity index (χ2n) is 2.33. The van der Waals surface area contributed by atoms with Crippen LogP contribution in [0.4, 0.5) is 10.1 Å². The highest BCUT2D eigenvalue weighted by atomic mass is 19.1. The van der Waals surface area contributed by atoms with Crippen LogP contribution in [0.2, 0.25) is 0 Å². The Hall–Kier alpha value is -1.62. The maximum absolute atomic E-state index is 12.8. The lowest BCUT2D eigenvalue weighted by Gasteiger charge is -2.03. The van der Waals surface area contributed by atoms with Crippen LogP contribution in [0.25, 0.3) is 0 Å². The summed E-state index contributed by atoms with van der Waals surface area (Å²) < 4.78 is 17.3. The van der Waals surface area contributed by atoms with Gasteiger partial charge in [0.15, 0.2) is 0 Å². The standard InChI is InChI=1S/C8H9FN2O2/c1-13-8(12)5-2-3-6(9)7(4-5)11-10/h2-4,11H,10H2,1H3. The second kappa shape index (κ2) is 3.86. The fourth-order valence-electron chi connectivity index (χ4n) is 0.881. The first-order valence-electron chi connectivity index (χ1n) is 3.53. The third kappa shape index (κ3) is 1.94. The lowest BCUT2D eigenvalue weighted by atomic mass is 10.2. The molecule has 0 fully saturated rings. The molecule has 0 heterocycles. The molecule has 13 heavy (non-hydrogen) atoms. The number of ether oxygens (including phenoxy) is 1. The normalized spacial score (nSPS) is 9.46. The Labute approximate surface area is 74.5 Å². The van der Waals surface area contributed by atoms with Gasteiger partial charge in [-0.2, -0.15) is 0 Å². The minimum atomic E-state index is -0.531. The highest BCUT2D eigenvalue weighted by Crippen LogP contribution is 2.15. The van der Waals surface area contributed by atoms with Crippen molar-refractivity contribution in [1.29, 1.82) is 0 Å². The first-order valence-corrected chi connectivity index (χ1v) is 3.53. The van der Waals surface area contributed by atoms with E-state index in [1.54, 1.807) is 0 Å². The number of esters is 1. The van der Waals surface area contributed by atoms with Crippen molar-refractivity contribution < 1.29 is 13.9 Å². The van der Waals surface area contributed by atoms with E-state index in [2.05, 4.69) is 10.2 Å². The summed E-state index contributed by atoms with van der Waals surface area (Å²) in [7, 11) is 1.25. The van der Waals surface area contributed by atoms with Crippen molar-refractivity contribution >= 4 is 11.7 Å². The molecule has 5 heteroatoms. The Morgan fingerprint density at radius 3 is 2.85 bits per heavy atom. The number of halogens is 1. The third-order valence-corrected chi connectivity index (χ3v) is 1.54. The number of nitrogens with one attached hydrogen (secondary N) is 1. The average molecular weight is 184 g/mol. The fourth-order valence-corrected chi connectivity index (χ4v) is 0.881. The molecule has 0 radical (unpaired) electrons. The van der Waals surface area contributed by atoms with E-state index in [0.29, 0.717) is 0 Å². The number of nitrogens with two attached hydrogens (primary N) is 1. The van der Waals surface area contributed by atoms with E-state index >= 15 is 0 Å². The molecule has 0 spiro atoms. The molecule has 1 aromatic rings. The van der Waals surface area contributed by atoms with Crippen molar-refractivity contribution in [2.45, 2.75) is 0 Å². The fraction of sp³-hybridized carbons (Fsp3) is 0.125. The van der Waals surface area contributed by atoms with Gasteiger partial charge in [0.1, 0.15) is 5.82 Å². The van der Waals surface area contributed by atoms with Crippen molar-refractivity contribution in [2.75, 3.05) is 12.5 Å². The third-order valence-electron chi connectivity index (χ3n) is 1.54. The Kier molecular flexibility index (Phi) is 2.81. The number of rotatable bonds is 2. The predicted molar refractivity (Wildman–Crippen MR) is 45.5 cm³/mol. The first-order chi connectivity index (χ1) is 6.19. The minimum Gasteiger partial charge on any atom is -0.465 e. The van der Waals surface area contributed by atoms with E-state index in [0.717, 1.165) is 6.07 Å². The Balaban J connectivity index is 3.06. The molecule has 0 atom stereocenters. The van der Waals surface area contributed by atoms with Crippen LogP contribution in [0.5, 0.6) is 0 Å². The molecule has 0 aliphatic heterocycles. The summed E-state index contributed by atoms with van der Waals surface area (Å²) in [5.41, 5.74) is 2.44. The molecular formula is C8H9FN2O2. The first kappa shape index (κ1) is 9.47. The van der Waals surface area contributed by atoms with Crippen LogP contribution in [0.1, 0.15) is 10.4 Å². The van der Waals surface area contributed by atoms with Crippen molar-refractivity contribution in [3.63, 3.8) is 0 Å². The van der Waals surface area contributed by atoms with Crippen molar-refractivity contribution in [1.82, 2.24) is 0 Å². The summed E-state index contributed by atoms with van der Waals surface area (Å²) in [6, 6.07) is 3.74. The zero-order valence-electron chi connectivity index (χ0n) is 7.00. The molecule has 4 nitrogen and oxygen atoms in total. The molecule has 0 saturated heterocycles. The summed E-state index contributed by atoms with van der Waals surface area (Å²) in [5.74, 6) is 3.97. The minimum absolute atomic E-state index is 0.0582. The van der Waals surface area contributed by atoms with Crippen molar-refractivity contribution in [2.24, 2.45) is 5.84 Å². The van der Waals surface area contributed by atoms with Gasteiger partial charge in [0.05, 0.1) is 18.4 Å². The van der Waals surface area contributed by atoms with Gasteiger partial charge in [0.25, 0.3) is 0 Å². The van der Waals surface area contributed by atoms with Gasteiger partial charge in [-0.15, -0.1) is 0 Å². The quantitative estimate of drug-likeness (QED) is 0.407. The number of hydrazine groups is 1. The number of nitrogen functional groups attached to an aromatic ring is 1. The topological polar surface area (TPSA) is 64.3 Å². The monoisotopic (exact) mass is 184 g/mol. The zero-order chi connectivity index (χ0) is 9.84. The van der Waals surface area contributed by atoms with Crippen LogP contribution in [-0.4, -0.2) is 13.1 Å². The van der Waals surface area contributed by atoms with Gasteiger partial charge in [0.2, 0.25) is 0 Å². The summed E-state index contributed by atoms with van der Waals surface area (Å²) in [4.78, 5) is 11.0. The van der Waals surface area contributed by atoms with E-state index in [1.807, 2.05) is 0 Å². The van der Waals surface area contributed by atoms with E-state index < -0.39 is 11.8 Å². The van der Waals surface area contributed by atoms with Gasteiger partial charge in [-0.25, -0.2) is 9.18 Å². The Morgan fingerprint density at radius 2 is 2.31 bits per heavy atom. The van der Waals surface area contributed by atoms with Crippen LogP contribution in [0.15, 0.2) is 18.2 Å². The maximum Gasteiger partial charge on any atom is 0.337 e. The number of hydrogen-bond acceptors (Lipinski definition) is 4. The number of hydrogen-bond donors (Lipinski definition) is 2. The van der Waals surface area contributed by atoms with Crippen LogP contribution in [0, 0.1) is 5.82 Å². The molecular weight excluding hydrogens is 175 g/mol. The van der Waals surface area contributed by atoms with Gasteiger partial charge >= 0.3 is 5.97 Å². The molecule has 0 aliphatic carbocycles. The lowest BCUT2D eigenvalue weighted by Crippen LogP contribution is -2.10. The molecule has 0 unspecified atom stereocenters. The van der Waals surface area contributed by atoms with Crippen molar-refractivity contribution in [3.05, 3.63) is 29.6 Å². The summed E-state index contributed by atoms with van der Waals surface area (Å²) in [6.07, 6.45) is 0. The molecule has 0 bridgehead atoms. The van der Waals surface area contributed by atoms with Crippen LogP contribution in [-0.2, 0) is 4.74 Å². The van der Waals surface area contributed by atoms with Gasteiger partial charge in [-0.05, 0) is 18.2 Å². The van der Waals surface area contributed by atoms with Gasteiger partial charge in [-0.1, -0.05) is 0 Å². The van der Waals surface area contributed by atoms with E-state index in [1.165, 1.54) is 19.2 Å². The average Bonchev–Trinajstić information content (AvgIpc) is 2.17. The maximum atomic E-state index is 12.8. The van der Waals surface area contributed by atoms with E-state index in [-0.39, 0.29) is 11.3 Å². The van der Waals surface area contributed by atoms with Crippen LogP contribution in [0.3, 0.4) is 0 Å².